The predicted molar refractivity (Wildman–Crippen MR) is 80.4 cm³/mol. The topological polar surface area (TPSA) is 41.1 Å². The summed E-state index contributed by atoms with van der Waals surface area (Å²) in [5.74, 6) is 1.12. The molecule has 19 heavy (non-hydrogen) atoms. The highest BCUT2D eigenvalue weighted by Crippen LogP contribution is 2.11. The van der Waals surface area contributed by atoms with Crippen LogP contribution in [0, 0.1) is 11.8 Å². The van der Waals surface area contributed by atoms with Gasteiger partial charge in [0.05, 0.1) is 0 Å². The first-order chi connectivity index (χ1) is 9.06. The fraction of sp³-hybridized carbons (Fsp3) is 0.562. The maximum atomic E-state index is 12.2. The minimum absolute atomic E-state index is 0.0409. The van der Waals surface area contributed by atoms with Crippen LogP contribution in [0.1, 0.15) is 36.7 Å². The summed E-state index contributed by atoms with van der Waals surface area (Å²) < 4.78 is 0. The van der Waals surface area contributed by atoms with E-state index in [0.29, 0.717) is 11.8 Å². The second kappa shape index (κ2) is 7.95. The number of carbonyl (C=O) groups excluding carboxylic acids is 1. The molecule has 0 saturated heterocycles. The van der Waals surface area contributed by atoms with Crippen molar-refractivity contribution in [1.82, 2.24) is 10.6 Å². The van der Waals surface area contributed by atoms with Crippen LogP contribution < -0.4 is 10.6 Å². The molecule has 1 rings (SSSR count). The molecule has 0 heterocycles. The van der Waals surface area contributed by atoms with Gasteiger partial charge in [0.2, 0.25) is 0 Å². The lowest BCUT2D eigenvalue weighted by Crippen LogP contribution is -2.31. The van der Waals surface area contributed by atoms with Crippen LogP contribution >= 0.6 is 0 Å². The summed E-state index contributed by atoms with van der Waals surface area (Å²) in [7, 11) is 1.92. The number of amides is 1. The molecule has 1 unspecified atom stereocenters. The molecule has 0 aliphatic heterocycles. The second-order valence-electron chi connectivity index (χ2n) is 5.44. The van der Waals surface area contributed by atoms with E-state index in [0.717, 1.165) is 30.6 Å². The minimum atomic E-state index is 0.0409. The summed E-state index contributed by atoms with van der Waals surface area (Å²) in [5, 5.41) is 6.15. The number of rotatable bonds is 7. The third kappa shape index (κ3) is 5.03. The van der Waals surface area contributed by atoms with Crippen LogP contribution in [0.3, 0.4) is 0 Å². The zero-order valence-corrected chi connectivity index (χ0v) is 12.5. The van der Waals surface area contributed by atoms with Crippen molar-refractivity contribution in [3.05, 3.63) is 35.4 Å². The molecule has 1 aromatic rings. The van der Waals surface area contributed by atoms with Crippen LogP contribution in [0.15, 0.2) is 24.3 Å². The van der Waals surface area contributed by atoms with Crippen molar-refractivity contribution in [3.8, 4) is 0 Å². The molecule has 0 fully saturated rings. The first-order valence-electron chi connectivity index (χ1n) is 7.07. The number of hydrogen-bond acceptors (Lipinski definition) is 2. The lowest BCUT2D eigenvalue weighted by atomic mass is 9.98. The highest BCUT2D eigenvalue weighted by atomic mass is 16.1. The van der Waals surface area contributed by atoms with Crippen LogP contribution in [0.4, 0.5) is 0 Å². The summed E-state index contributed by atoms with van der Waals surface area (Å²) in [6.45, 7) is 8.14. The Morgan fingerprint density at radius 1 is 1.21 bits per heavy atom. The minimum Gasteiger partial charge on any atom is -0.352 e. The first-order valence-corrected chi connectivity index (χ1v) is 7.07. The molecule has 1 amide bonds. The molecule has 0 bridgehead atoms. The largest absolute Gasteiger partial charge is 0.352 e. The Labute approximate surface area is 116 Å². The SMILES string of the molecule is CNCCc1ccccc1C(=O)NCC(C)C(C)C. The Morgan fingerprint density at radius 2 is 1.89 bits per heavy atom. The molecule has 106 valence electrons. The van der Waals surface area contributed by atoms with E-state index in [9.17, 15) is 4.79 Å². The zero-order chi connectivity index (χ0) is 14.3. The standard InChI is InChI=1S/C16H26N2O/c1-12(2)13(3)11-18-16(19)15-8-6-5-7-14(15)9-10-17-4/h5-8,12-13,17H,9-11H2,1-4H3,(H,18,19). The Morgan fingerprint density at radius 3 is 2.53 bits per heavy atom. The van der Waals surface area contributed by atoms with Gasteiger partial charge in [0.1, 0.15) is 0 Å². The molecule has 0 spiro atoms. The van der Waals surface area contributed by atoms with E-state index < -0.39 is 0 Å². The van der Waals surface area contributed by atoms with Gasteiger partial charge in [-0.25, -0.2) is 0 Å². The summed E-state index contributed by atoms with van der Waals surface area (Å²) in [6, 6.07) is 7.83. The predicted octanol–water partition coefficient (Wildman–Crippen LogP) is 2.47. The monoisotopic (exact) mass is 262 g/mol. The van der Waals surface area contributed by atoms with E-state index in [2.05, 4.69) is 31.4 Å². The number of hydrogen-bond donors (Lipinski definition) is 2. The van der Waals surface area contributed by atoms with E-state index >= 15 is 0 Å². The molecular formula is C16H26N2O. The Bertz CT molecular complexity index is 401. The lowest BCUT2D eigenvalue weighted by Gasteiger charge is -2.17. The van der Waals surface area contributed by atoms with Crippen molar-refractivity contribution < 1.29 is 4.79 Å². The number of likely N-dealkylation sites (N-methyl/N-ethyl adjacent to an activating group) is 1. The van der Waals surface area contributed by atoms with Crippen LogP contribution in [0.5, 0.6) is 0 Å². The maximum Gasteiger partial charge on any atom is 0.251 e. The molecule has 1 aromatic carbocycles. The Balaban J connectivity index is 2.65. The number of nitrogens with one attached hydrogen (secondary N) is 2. The zero-order valence-electron chi connectivity index (χ0n) is 12.5. The van der Waals surface area contributed by atoms with Crippen molar-refractivity contribution in [2.24, 2.45) is 11.8 Å². The lowest BCUT2D eigenvalue weighted by molar-refractivity contribution is 0.0944. The highest BCUT2D eigenvalue weighted by molar-refractivity contribution is 5.95. The van der Waals surface area contributed by atoms with Crippen molar-refractivity contribution in [3.63, 3.8) is 0 Å². The smallest absolute Gasteiger partial charge is 0.251 e. The fourth-order valence-electron chi connectivity index (χ4n) is 1.80. The van der Waals surface area contributed by atoms with Crippen LogP contribution in [-0.4, -0.2) is 26.0 Å². The third-order valence-electron chi connectivity index (χ3n) is 3.63. The average molecular weight is 262 g/mol. The van der Waals surface area contributed by atoms with Gasteiger partial charge in [-0.1, -0.05) is 39.0 Å². The quantitative estimate of drug-likeness (QED) is 0.792. The molecule has 0 radical (unpaired) electrons. The fourth-order valence-corrected chi connectivity index (χ4v) is 1.80. The van der Waals surface area contributed by atoms with Gasteiger partial charge in [-0.05, 0) is 43.5 Å². The molecule has 3 heteroatoms. The van der Waals surface area contributed by atoms with E-state index in [1.807, 2.05) is 31.3 Å². The molecule has 0 aliphatic rings. The number of carbonyl (C=O) groups is 1. The van der Waals surface area contributed by atoms with Crippen LogP contribution in [0.25, 0.3) is 0 Å². The average Bonchev–Trinajstić information content (AvgIpc) is 2.42. The van der Waals surface area contributed by atoms with E-state index in [4.69, 9.17) is 0 Å². The third-order valence-corrected chi connectivity index (χ3v) is 3.63. The van der Waals surface area contributed by atoms with E-state index in [1.54, 1.807) is 0 Å². The van der Waals surface area contributed by atoms with Gasteiger partial charge in [-0.2, -0.15) is 0 Å². The maximum absolute atomic E-state index is 12.2. The van der Waals surface area contributed by atoms with Gasteiger partial charge >= 0.3 is 0 Å². The molecule has 1 atom stereocenters. The Hall–Kier alpha value is -1.35. The highest BCUT2D eigenvalue weighted by Gasteiger charge is 2.13. The molecule has 3 nitrogen and oxygen atoms in total. The number of benzene rings is 1. The van der Waals surface area contributed by atoms with Gasteiger partial charge < -0.3 is 10.6 Å². The van der Waals surface area contributed by atoms with Gasteiger partial charge in [-0.15, -0.1) is 0 Å². The summed E-state index contributed by atoms with van der Waals surface area (Å²) >= 11 is 0. The molecule has 0 aliphatic carbocycles. The van der Waals surface area contributed by atoms with Crippen molar-refractivity contribution in [1.29, 1.82) is 0 Å². The van der Waals surface area contributed by atoms with Gasteiger partial charge in [0, 0.05) is 12.1 Å². The van der Waals surface area contributed by atoms with Crippen LogP contribution in [0.2, 0.25) is 0 Å². The van der Waals surface area contributed by atoms with E-state index in [1.165, 1.54) is 0 Å². The normalized spacial score (nSPS) is 12.5. The molecular weight excluding hydrogens is 236 g/mol. The Kier molecular flexibility index (Phi) is 6.57. The van der Waals surface area contributed by atoms with Crippen molar-refractivity contribution in [2.45, 2.75) is 27.2 Å². The summed E-state index contributed by atoms with van der Waals surface area (Å²) in [4.78, 5) is 12.2. The molecule has 0 saturated carbocycles. The van der Waals surface area contributed by atoms with Gasteiger partial charge in [0.15, 0.2) is 0 Å². The van der Waals surface area contributed by atoms with Crippen molar-refractivity contribution in [2.75, 3.05) is 20.1 Å². The summed E-state index contributed by atoms with van der Waals surface area (Å²) in [5.41, 5.74) is 1.90. The van der Waals surface area contributed by atoms with Gasteiger partial charge in [0.25, 0.3) is 5.91 Å². The van der Waals surface area contributed by atoms with E-state index in [-0.39, 0.29) is 5.91 Å². The first kappa shape index (κ1) is 15.7. The van der Waals surface area contributed by atoms with Gasteiger partial charge in [-0.3, -0.25) is 4.79 Å². The second-order valence-corrected chi connectivity index (χ2v) is 5.44. The van der Waals surface area contributed by atoms with Crippen molar-refractivity contribution >= 4 is 5.91 Å². The molecule has 2 N–H and O–H groups in total. The summed E-state index contributed by atoms with van der Waals surface area (Å²) in [6.07, 6.45) is 0.875. The molecule has 0 aromatic heterocycles. The van der Waals surface area contributed by atoms with Crippen LogP contribution in [-0.2, 0) is 6.42 Å².